The summed E-state index contributed by atoms with van der Waals surface area (Å²) in [7, 11) is 0. The molecule has 0 amide bonds. The fourth-order valence-corrected chi connectivity index (χ4v) is 2.94. The van der Waals surface area contributed by atoms with Gasteiger partial charge < -0.3 is 10.2 Å². The maximum atomic E-state index is 10.2. The van der Waals surface area contributed by atoms with Crippen LogP contribution >= 0.6 is 0 Å². The Morgan fingerprint density at radius 1 is 1.18 bits per heavy atom. The van der Waals surface area contributed by atoms with E-state index in [0.29, 0.717) is 6.04 Å². The van der Waals surface area contributed by atoms with E-state index in [-0.39, 0.29) is 17.9 Å². The SMILES string of the molecule is Oc1cccc(C2C(O)CCCN2C2CC2)c1. The fraction of sp³-hybridized carbons (Fsp3) is 0.571. The Hall–Kier alpha value is -1.06. The lowest BCUT2D eigenvalue weighted by Crippen LogP contribution is -2.42. The lowest BCUT2D eigenvalue weighted by molar-refractivity contribution is 0.00493. The summed E-state index contributed by atoms with van der Waals surface area (Å²) in [5, 5.41) is 19.8. The summed E-state index contributed by atoms with van der Waals surface area (Å²) in [6, 6.07) is 8.06. The van der Waals surface area contributed by atoms with Crippen LogP contribution in [-0.2, 0) is 0 Å². The second kappa shape index (κ2) is 4.31. The molecule has 2 unspecified atom stereocenters. The Morgan fingerprint density at radius 2 is 2.00 bits per heavy atom. The topological polar surface area (TPSA) is 43.7 Å². The Kier molecular flexibility index (Phi) is 2.81. The third kappa shape index (κ3) is 2.17. The minimum atomic E-state index is -0.300. The van der Waals surface area contributed by atoms with E-state index in [9.17, 15) is 10.2 Å². The molecule has 2 fully saturated rings. The normalized spacial score (nSPS) is 30.4. The second-order valence-corrected chi connectivity index (χ2v) is 5.22. The van der Waals surface area contributed by atoms with Gasteiger partial charge in [0.2, 0.25) is 0 Å². The highest BCUT2D eigenvalue weighted by Gasteiger charge is 2.39. The van der Waals surface area contributed by atoms with Gasteiger partial charge in [0.1, 0.15) is 5.75 Å². The number of likely N-dealkylation sites (tertiary alicyclic amines) is 1. The van der Waals surface area contributed by atoms with Crippen LogP contribution in [0, 0.1) is 0 Å². The van der Waals surface area contributed by atoms with Gasteiger partial charge in [0.15, 0.2) is 0 Å². The molecular weight excluding hydrogens is 214 g/mol. The van der Waals surface area contributed by atoms with E-state index < -0.39 is 0 Å². The summed E-state index contributed by atoms with van der Waals surface area (Å²) in [6.45, 7) is 1.07. The van der Waals surface area contributed by atoms with Crippen molar-refractivity contribution >= 4 is 0 Å². The number of nitrogens with zero attached hydrogens (tertiary/aromatic N) is 1. The number of hydrogen-bond acceptors (Lipinski definition) is 3. The third-order valence-electron chi connectivity index (χ3n) is 3.87. The standard InChI is InChI=1S/C14H19NO2/c16-12-4-1-3-10(9-12)14-13(17)5-2-8-15(14)11-6-7-11/h1,3-4,9,11,13-14,16-17H,2,5-8H2. The minimum Gasteiger partial charge on any atom is -0.508 e. The highest BCUT2D eigenvalue weighted by atomic mass is 16.3. The molecule has 92 valence electrons. The van der Waals surface area contributed by atoms with Crippen molar-refractivity contribution in [3.8, 4) is 5.75 Å². The summed E-state index contributed by atoms with van der Waals surface area (Å²) < 4.78 is 0. The number of benzene rings is 1. The zero-order chi connectivity index (χ0) is 11.8. The van der Waals surface area contributed by atoms with Crippen LogP contribution in [0.4, 0.5) is 0 Å². The van der Waals surface area contributed by atoms with Crippen LogP contribution in [0.5, 0.6) is 5.75 Å². The first-order valence-electron chi connectivity index (χ1n) is 6.48. The van der Waals surface area contributed by atoms with Gasteiger partial charge in [-0.15, -0.1) is 0 Å². The maximum Gasteiger partial charge on any atom is 0.115 e. The molecule has 1 aromatic carbocycles. The van der Waals surface area contributed by atoms with Crippen molar-refractivity contribution in [2.45, 2.75) is 43.9 Å². The number of phenols is 1. The van der Waals surface area contributed by atoms with E-state index in [0.717, 1.165) is 24.9 Å². The lowest BCUT2D eigenvalue weighted by atomic mass is 9.92. The van der Waals surface area contributed by atoms with Gasteiger partial charge in [-0.25, -0.2) is 0 Å². The zero-order valence-electron chi connectivity index (χ0n) is 9.92. The molecule has 1 aromatic rings. The Bertz CT molecular complexity index is 403. The molecule has 1 saturated carbocycles. The van der Waals surface area contributed by atoms with Crippen LogP contribution in [0.25, 0.3) is 0 Å². The molecule has 3 heteroatoms. The molecule has 2 aliphatic rings. The highest BCUT2D eigenvalue weighted by molar-refractivity contribution is 5.30. The molecule has 0 radical (unpaired) electrons. The van der Waals surface area contributed by atoms with Gasteiger partial charge in [0.25, 0.3) is 0 Å². The first kappa shape index (κ1) is 11.1. The quantitative estimate of drug-likeness (QED) is 0.821. The highest BCUT2D eigenvalue weighted by Crippen LogP contribution is 2.40. The van der Waals surface area contributed by atoms with E-state index in [1.807, 2.05) is 12.1 Å². The van der Waals surface area contributed by atoms with E-state index in [1.54, 1.807) is 12.1 Å². The third-order valence-corrected chi connectivity index (χ3v) is 3.87. The number of rotatable bonds is 2. The largest absolute Gasteiger partial charge is 0.508 e. The number of hydrogen-bond donors (Lipinski definition) is 2. The molecular formula is C14H19NO2. The average Bonchev–Trinajstić information content (AvgIpc) is 3.12. The van der Waals surface area contributed by atoms with Crippen molar-refractivity contribution in [3.63, 3.8) is 0 Å². The van der Waals surface area contributed by atoms with E-state index in [1.165, 1.54) is 12.8 Å². The number of aliphatic hydroxyl groups excluding tert-OH is 1. The molecule has 1 heterocycles. The van der Waals surface area contributed by atoms with Crippen LogP contribution in [0.1, 0.15) is 37.3 Å². The molecule has 0 spiro atoms. The van der Waals surface area contributed by atoms with Crippen molar-refractivity contribution in [2.24, 2.45) is 0 Å². The number of piperidine rings is 1. The molecule has 1 aliphatic heterocycles. The van der Waals surface area contributed by atoms with Crippen LogP contribution in [-0.4, -0.2) is 33.8 Å². The second-order valence-electron chi connectivity index (χ2n) is 5.22. The average molecular weight is 233 g/mol. The van der Waals surface area contributed by atoms with Crippen LogP contribution < -0.4 is 0 Å². The first-order chi connectivity index (χ1) is 8.25. The van der Waals surface area contributed by atoms with Crippen LogP contribution in [0.3, 0.4) is 0 Å². The zero-order valence-corrected chi connectivity index (χ0v) is 9.92. The summed E-state index contributed by atoms with van der Waals surface area (Å²) in [6.07, 6.45) is 4.15. The minimum absolute atomic E-state index is 0.0725. The molecule has 1 saturated heterocycles. The predicted molar refractivity (Wildman–Crippen MR) is 65.8 cm³/mol. The predicted octanol–water partition coefficient (Wildman–Crippen LogP) is 2.05. The van der Waals surface area contributed by atoms with Crippen molar-refractivity contribution in [1.29, 1.82) is 0 Å². The van der Waals surface area contributed by atoms with E-state index in [4.69, 9.17) is 0 Å². The molecule has 1 aliphatic carbocycles. The summed E-state index contributed by atoms with van der Waals surface area (Å²) in [5.41, 5.74) is 1.05. The number of aromatic hydroxyl groups is 1. The first-order valence-corrected chi connectivity index (χ1v) is 6.48. The Labute approximate surface area is 102 Å². The molecule has 2 N–H and O–H groups in total. The number of phenolic OH excluding ortho intramolecular Hbond substituents is 1. The maximum absolute atomic E-state index is 10.2. The van der Waals surface area contributed by atoms with E-state index in [2.05, 4.69) is 4.90 Å². The van der Waals surface area contributed by atoms with Gasteiger partial charge in [-0.3, -0.25) is 4.90 Å². The van der Waals surface area contributed by atoms with Crippen molar-refractivity contribution in [1.82, 2.24) is 4.90 Å². The molecule has 3 nitrogen and oxygen atoms in total. The van der Waals surface area contributed by atoms with Gasteiger partial charge in [-0.2, -0.15) is 0 Å². The monoisotopic (exact) mass is 233 g/mol. The van der Waals surface area contributed by atoms with Gasteiger partial charge in [0.05, 0.1) is 12.1 Å². The summed E-state index contributed by atoms with van der Waals surface area (Å²) >= 11 is 0. The summed E-state index contributed by atoms with van der Waals surface area (Å²) in [5.74, 6) is 0.288. The molecule has 17 heavy (non-hydrogen) atoms. The van der Waals surface area contributed by atoms with Crippen molar-refractivity contribution < 1.29 is 10.2 Å². The Balaban J connectivity index is 1.90. The molecule has 2 atom stereocenters. The fourth-order valence-electron chi connectivity index (χ4n) is 2.94. The molecule has 0 aromatic heterocycles. The van der Waals surface area contributed by atoms with Gasteiger partial charge in [-0.05, 0) is 49.9 Å². The molecule has 0 bridgehead atoms. The lowest BCUT2D eigenvalue weighted by Gasteiger charge is -2.39. The van der Waals surface area contributed by atoms with Gasteiger partial charge in [0, 0.05) is 6.04 Å². The Morgan fingerprint density at radius 3 is 2.71 bits per heavy atom. The van der Waals surface area contributed by atoms with Crippen molar-refractivity contribution in [3.05, 3.63) is 29.8 Å². The van der Waals surface area contributed by atoms with Gasteiger partial charge in [-0.1, -0.05) is 12.1 Å². The van der Waals surface area contributed by atoms with Crippen LogP contribution in [0.2, 0.25) is 0 Å². The molecule has 3 rings (SSSR count). The van der Waals surface area contributed by atoms with Crippen LogP contribution in [0.15, 0.2) is 24.3 Å². The van der Waals surface area contributed by atoms with Gasteiger partial charge >= 0.3 is 0 Å². The number of aliphatic hydroxyl groups is 1. The van der Waals surface area contributed by atoms with E-state index >= 15 is 0 Å². The summed E-state index contributed by atoms with van der Waals surface area (Å²) in [4.78, 5) is 2.42. The smallest absolute Gasteiger partial charge is 0.115 e. The van der Waals surface area contributed by atoms with Crippen molar-refractivity contribution in [2.75, 3.05) is 6.54 Å².